The zero-order chi connectivity index (χ0) is 9.84. The summed E-state index contributed by atoms with van der Waals surface area (Å²) in [6.07, 6.45) is 2.42. The van der Waals surface area contributed by atoms with Crippen LogP contribution >= 0.6 is 12.2 Å². The Morgan fingerprint density at radius 2 is 2.31 bits per heavy atom. The highest BCUT2D eigenvalue weighted by Gasteiger charge is 2.32. The zero-order valence-corrected chi connectivity index (χ0v) is 8.47. The molecule has 0 aliphatic heterocycles. The fourth-order valence-corrected chi connectivity index (χ4v) is 1.25. The predicted octanol–water partition coefficient (Wildman–Crippen LogP) is 0.893. The van der Waals surface area contributed by atoms with E-state index in [1.54, 1.807) is 4.90 Å². The number of nitrogens with two attached hydrogens (primary N) is 1. The number of ether oxygens (including phenoxy) is 1. The molecule has 5 heteroatoms. The molecule has 1 saturated carbocycles. The van der Waals surface area contributed by atoms with Gasteiger partial charge in [-0.3, -0.25) is 0 Å². The molecule has 0 aromatic rings. The summed E-state index contributed by atoms with van der Waals surface area (Å²) in [5.41, 5.74) is 5.36. The summed E-state index contributed by atoms with van der Waals surface area (Å²) in [5.74, 6) is 0. The lowest BCUT2D eigenvalue weighted by molar-refractivity contribution is 0.122. The molecule has 0 heterocycles. The average Bonchev–Trinajstić information content (AvgIpc) is 2.87. The molecule has 13 heavy (non-hydrogen) atoms. The Morgan fingerprint density at radius 3 is 2.69 bits per heavy atom. The van der Waals surface area contributed by atoms with E-state index in [1.165, 1.54) is 7.11 Å². The fraction of sp³-hybridized carbons (Fsp3) is 0.750. The van der Waals surface area contributed by atoms with Crippen molar-refractivity contribution >= 4 is 23.3 Å². The zero-order valence-electron chi connectivity index (χ0n) is 7.66. The highest BCUT2D eigenvalue weighted by atomic mass is 32.1. The summed E-state index contributed by atoms with van der Waals surface area (Å²) in [7, 11) is 1.39. The second kappa shape index (κ2) is 4.41. The molecule has 0 spiro atoms. The van der Waals surface area contributed by atoms with Gasteiger partial charge in [0.25, 0.3) is 0 Å². The number of nitrogens with zero attached hydrogens (tertiary/aromatic N) is 1. The summed E-state index contributed by atoms with van der Waals surface area (Å²) in [5, 5.41) is 0. The lowest BCUT2D eigenvalue weighted by atomic mass is 10.4. The lowest BCUT2D eigenvalue weighted by Crippen LogP contribution is -2.35. The number of hydrogen-bond donors (Lipinski definition) is 1. The molecule has 0 unspecified atom stereocenters. The van der Waals surface area contributed by atoms with E-state index in [4.69, 9.17) is 18.0 Å². The predicted molar refractivity (Wildman–Crippen MR) is 53.5 cm³/mol. The second-order valence-corrected chi connectivity index (χ2v) is 3.64. The van der Waals surface area contributed by atoms with Crippen LogP contribution in [0.1, 0.15) is 19.3 Å². The van der Waals surface area contributed by atoms with E-state index in [9.17, 15) is 4.79 Å². The highest BCUT2D eigenvalue weighted by molar-refractivity contribution is 7.80. The molecule has 1 aliphatic rings. The van der Waals surface area contributed by atoms with E-state index in [1.807, 2.05) is 0 Å². The van der Waals surface area contributed by atoms with Crippen molar-refractivity contribution in [2.45, 2.75) is 25.3 Å². The van der Waals surface area contributed by atoms with Gasteiger partial charge in [0.05, 0.1) is 12.1 Å². The van der Waals surface area contributed by atoms with Gasteiger partial charge < -0.3 is 15.4 Å². The van der Waals surface area contributed by atoms with Gasteiger partial charge in [0, 0.05) is 19.0 Å². The molecule has 2 N–H and O–H groups in total. The van der Waals surface area contributed by atoms with Crippen molar-refractivity contribution in [3.05, 3.63) is 0 Å². The van der Waals surface area contributed by atoms with Crippen LogP contribution in [-0.2, 0) is 4.74 Å². The Hall–Kier alpha value is -0.840. The monoisotopic (exact) mass is 202 g/mol. The standard InChI is InChI=1S/C8H14N2O2S/c1-12-8(11)10(6-2-3-6)5-4-7(9)13/h6H,2-5H2,1H3,(H2,9,13). The molecule has 0 aromatic carbocycles. The van der Waals surface area contributed by atoms with Crippen LogP contribution < -0.4 is 5.73 Å². The summed E-state index contributed by atoms with van der Waals surface area (Å²) < 4.78 is 4.65. The lowest BCUT2D eigenvalue weighted by Gasteiger charge is -2.19. The minimum Gasteiger partial charge on any atom is -0.453 e. The van der Waals surface area contributed by atoms with Crippen molar-refractivity contribution in [2.24, 2.45) is 5.73 Å². The van der Waals surface area contributed by atoms with Gasteiger partial charge in [0.2, 0.25) is 0 Å². The molecule has 74 valence electrons. The summed E-state index contributed by atoms with van der Waals surface area (Å²) in [6, 6.07) is 0.349. The maximum absolute atomic E-state index is 11.2. The minimum atomic E-state index is -0.279. The number of thiocarbonyl (C=S) groups is 1. The number of amides is 1. The fourth-order valence-electron chi connectivity index (χ4n) is 1.16. The number of carbonyl (C=O) groups excluding carboxylic acids is 1. The number of carbonyl (C=O) groups is 1. The molecule has 0 radical (unpaired) electrons. The molecule has 1 fully saturated rings. The van der Waals surface area contributed by atoms with Gasteiger partial charge >= 0.3 is 6.09 Å². The Labute approximate surface area is 83.0 Å². The normalized spacial score (nSPS) is 15.2. The molecule has 1 aliphatic carbocycles. The van der Waals surface area contributed by atoms with Gasteiger partial charge in [-0.2, -0.15) is 0 Å². The second-order valence-electron chi connectivity index (χ2n) is 3.11. The Balaban J connectivity index is 2.38. The first-order chi connectivity index (χ1) is 6.15. The van der Waals surface area contributed by atoms with E-state index in [2.05, 4.69) is 4.74 Å². The molecule has 0 atom stereocenters. The van der Waals surface area contributed by atoms with Crippen molar-refractivity contribution in [1.82, 2.24) is 4.90 Å². The van der Waals surface area contributed by atoms with Gasteiger partial charge in [-0.1, -0.05) is 12.2 Å². The van der Waals surface area contributed by atoms with Crippen LogP contribution in [0, 0.1) is 0 Å². The quantitative estimate of drug-likeness (QED) is 0.688. The van der Waals surface area contributed by atoms with Crippen molar-refractivity contribution in [2.75, 3.05) is 13.7 Å². The van der Waals surface area contributed by atoms with E-state index < -0.39 is 0 Å². The number of rotatable bonds is 4. The van der Waals surface area contributed by atoms with Crippen LogP contribution in [0.2, 0.25) is 0 Å². The average molecular weight is 202 g/mol. The minimum absolute atomic E-state index is 0.279. The van der Waals surface area contributed by atoms with Crippen LogP contribution in [0.5, 0.6) is 0 Å². The summed E-state index contributed by atoms with van der Waals surface area (Å²) in [4.78, 5) is 13.4. The molecule has 0 saturated heterocycles. The summed E-state index contributed by atoms with van der Waals surface area (Å²) in [6.45, 7) is 0.576. The van der Waals surface area contributed by atoms with Gasteiger partial charge in [-0.25, -0.2) is 4.79 Å². The van der Waals surface area contributed by atoms with E-state index in [0.29, 0.717) is 24.0 Å². The molecule has 1 rings (SSSR count). The van der Waals surface area contributed by atoms with Gasteiger partial charge in [0.1, 0.15) is 0 Å². The first-order valence-corrected chi connectivity index (χ1v) is 4.69. The topological polar surface area (TPSA) is 55.6 Å². The van der Waals surface area contributed by atoms with Crippen molar-refractivity contribution in [1.29, 1.82) is 0 Å². The van der Waals surface area contributed by atoms with Gasteiger partial charge in [-0.05, 0) is 12.8 Å². The third kappa shape index (κ3) is 3.18. The molecular formula is C8H14N2O2S. The molecule has 1 amide bonds. The third-order valence-corrected chi connectivity index (χ3v) is 2.20. The molecule has 0 aromatic heterocycles. The van der Waals surface area contributed by atoms with Crippen LogP contribution in [-0.4, -0.2) is 35.7 Å². The number of hydrogen-bond acceptors (Lipinski definition) is 3. The van der Waals surface area contributed by atoms with Crippen molar-refractivity contribution in [3.63, 3.8) is 0 Å². The maximum atomic E-state index is 11.2. The SMILES string of the molecule is COC(=O)N(CCC(N)=S)C1CC1. The highest BCUT2D eigenvalue weighted by Crippen LogP contribution is 2.27. The van der Waals surface area contributed by atoms with E-state index >= 15 is 0 Å². The molecule has 4 nitrogen and oxygen atoms in total. The first kappa shape index (κ1) is 10.2. The van der Waals surface area contributed by atoms with Crippen LogP contribution in [0.4, 0.5) is 4.79 Å². The Bertz CT molecular complexity index is 216. The third-order valence-electron chi connectivity index (χ3n) is 2.00. The smallest absolute Gasteiger partial charge is 0.409 e. The molecular weight excluding hydrogens is 188 g/mol. The van der Waals surface area contributed by atoms with Crippen LogP contribution in [0.15, 0.2) is 0 Å². The number of methoxy groups -OCH3 is 1. The van der Waals surface area contributed by atoms with Crippen LogP contribution in [0.25, 0.3) is 0 Å². The van der Waals surface area contributed by atoms with E-state index in [0.717, 1.165) is 12.8 Å². The van der Waals surface area contributed by atoms with Crippen molar-refractivity contribution < 1.29 is 9.53 Å². The summed E-state index contributed by atoms with van der Waals surface area (Å²) >= 11 is 4.74. The van der Waals surface area contributed by atoms with Gasteiger partial charge in [0.15, 0.2) is 0 Å². The van der Waals surface area contributed by atoms with E-state index in [-0.39, 0.29) is 6.09 Å². The van der Waals surface area contributed by atoms with Crippen LogP contribution in [0.3, 0.4) is 0 Å². The maximum Gasteiger partial charge on any atom is 0.409 e. The largest absolute Gasteiger partial charge is 0.453 e. The Kier molecular flexibility index (Phi) is 3.48. The molecule has 0 bridgehead atoms. The van der Waals surface area contributed by atoms with Crippen molar-refractivity contribution in [3.8, 4) is 0 Å². The van der Waals surface area contributed by atoms with Gasteiger partial charge in [-0.15, -0.1) is 0 Å². The Morgan fingerprint density at radius 1 is 1.69 bits per heavy atom. The first-order valence-electron chi connectivity index (χ1n) is 4.28.